The first-order valence-electron chi connectivity index (χ1n) is 10.3. The number of piperidine rings is 1. The first-order valence-corrected chi connectivity index (χ1v) is 11.4. The van der Waals surface area contributed by atoms with Gasteiger partial charge in [0.15, 0.2) is 0 Å². The molecule has 5 rings (SSSR count). The SMILES string of the molecule is CC1CCN(c2c(C#N)c3c(c4c2CCc2ccccc2-4)CSCC3)CC1. The molecule has 0 amide bonds. The van der Waals surface area contributed by atoms with Gasteiger partial charge < -0.3 is 4.90 Å². The molecule has 1 aliphatic carbocycles. The molecule has 0 N–H and O–H groups in total. The van der Waals surface area contributed by atoms with Gasteiger partial charge in [0, 0.05) is 18.8 Å². The van der Waals surface area contributed by atoms with Crippen LogP contribution in [0.5, 0.6) is 0 Å². The summed E-state index contributed by atoms with van der Waals surface area (Å²) in [6.07, 6.45) is 5.68. The van der Waals surface area contributed by atoms with Gasteiger partial charge in [0.1, 0.15) is 6.07 Å². The molecule has 0 aromatic heterocycles. The van der Waals surface area contributed by atoms with Crippen molar-refractivity contribution in [2.75, 3.05) is 23.7 Å². The molecule has 2 heterocycles. The van der Waals surface area contributed by atoms with Crippen molar-refractivity contribution in [3.05, 3.63) is 52.1 Å². The van der Waals surface area contributed by atoms with Crippen LogP contribution in [0.15, 0.2) is 24.3 Å². The summed E-state index contributed by atoms with van der Waals surface area (Å²) in [6, 6.07) is 11.6. The molecule has 0 saturated carbocycles. The summed E-state index contributed by atoms with van der Waals surface area (Å²) in [5, 5.41) is 10.2. The van der Waals surface area contributed by atoms with E-state index in [-0.39, 0.29) is 0 Å². The molecule has 3 heteroatoms. The molecule has 1 saturated heterocycles. The normalized spacial score (nSPS) is 19.0. The maximum Gasteiger partial charge on any atom is 0.102 e. The highest BCUT2D eigenvalue weighted by Gasteiger charge is 2.32. The number of anilines is 1. The molecule has 2 aromatic rings. The van der Waals surface area contributed by atoms with Crippen LogP contribution in [0.4, 0.5) is 5.69 Å². The fourth-order valence-corrected chi connectivity index (χ4v) is 6.21. The Labute approximate surface area is 166 Å². The van der Waals surface area contributed by atoms with Crippen LogP contribution >= 0.6 is 11.8 Å². The summed E-state index contributed by atoms with van der Waals surface area (Å²) >= 11 is 2.02. The molecule has 1 fully saturated rings. The number of fused-ring (bicyclic) bond motifs is 5. The minimum Gasteiger partial charge on any atom is -0.370 e. The van der Waals surface area contributed by atoms with Crippen molar-refractivity contribution in [3.8, 4) is 17.2 Å². The fraction of sp³-hybridized carbons (Fsp3) is 0.458. The maximum atomic E-state index is 10.2. The number of nitriles is 1. The Balaban J connectivity index is 1.78. The van der Waals surface area contributed by atoms with Crippen molar-refractivity contribution in [2.45, 2.75) is 44.8 Å². The molecule has 0 radical (unpaired) electrons. The van der Waals surface area contributed by atoms with Gasteiger partial charge in [-0.1, -0.05) is 31.2 Å². The summed E-state index contributed by atoms with van der Waals surface area (Å²) in [7, 11) is 0. The van der Waals surface area contributed by atoms with Crippen LogP contribution in [0, 0.1) is 17.2 Å². The number of hydrogen-bond acceptors (Lipinski definition) is 3. The van der Waals surface area contributed by atoms with Crippen LogP contribution < -0.4 is 4.90 Å². The second kappa shape index (κ2) is 6.91. The molecule has 0 atom stereocenters. The molecule has 0 spiro atoms. The Morgan fingerprint density at radius 1 is 1.04 bits per heavy atom. The lowest BCUT2D eigenvalue weighted by atomic mass is 9.78. The van der Waals surface area contributed by atoms with Gasteiger partial charge >= 0.3 is 0 Å². The number of thioether (sulfide) groups is 1. The Morgan fingerprint density at radius 2 is 1.85 bits per heavy atom. The molecule has 0 bridgehead atoms. The number of aryl methyl sites for hydroxylation is 1. The van der Waals surface area contributed by atoms with Crippen LogP contribution in [0.2, 0.25) is 0 Å². The van der Waals surface area contributed by atoms with Gasteiger partial charge in [-0.2, -0.15) is 17.0 Å². The fourth-order valence-electron chi connectivity index (χ4n) is 5.19. The quantitative estimate of drug-likeness (QED) is 0.673. The zero-order chi connectivity index (χ0) is 18.4. The van der Waals surface area contributed by atoms with E-state index in [1.165, 1.54) is 51.9 Å². The Bertz CT molecular complexity index is 932. The average Bonchev–Trinajstić information content (AvgIpc) is 2.73. The number of rotatable bonds is 1. The molecule has 2 nitrogen and oxygen atoms in total. The Morgan fingerprint density at radius 3 is 2.67 bits per heavy atom. The average molecular weight is 375 g/mol. The van der Waals surface area contributed by atoms with Gasteiger partial charge in [-0.25, -0.2) is 0 Å². The van der Waals surface area contributed by atoms with E-state index < -0.39 is 0 Å². The van der Waals surface area contributed by atoms with Gasteiger partial charge in [-0.3, -0.25) is 0 Å². The predicted octanol–water partition coefficient (Wildman–Crippen LogP) is 5.35. The smallest absolute Gasteiger partial charge is 0.102 e. The number of benzene rings is 2. The van der Waals surface area contributed by atoms with E-state index in [0.717, 1.165) is 55.3 Å². The predicted molar refractivity (Wildman–Crippen MR) is 114 cm³/mol. The van der Waals surface area contributed by atoms with Crippen LogP contribution in [0.3, 0.4) is 0 Å². The first-order chi connectivity index (χ1) is 13.3. The zero-order valence-electron chi connectivity index (χ0n) is 16.1. The lowest BCUT2D eigenvalue weighted by Crippen LogP contribution is -2.35. The third-order valence-electron chi connectivity index (χ3n) is 6.68. The maximum absolute atomic E-state index is 10.2. The summed E-state index contributed by atoms with van der Waals surface area (Å²) in [6.45, 7) is 4.55. The Hall–Kier alpha value is -1.92. The van der Waals surface area contributed by atoms with E-state index in [1.807, 2.05) is 11.8 Å². The van der Waals surface area contributed by atoms with Crippen molar-refractivity contribution in [1.29, 1.82) is 5.26 Å². The van der Waals surface area contributed by atoms with Crippen molar-refractivity contribution in [1.82, 2.24) is 0 Å². The molecule has 0 unspecified atom stereocenters. The van der Waals surface area contributed by atoms with E-state index in [0.29, 0.717) is 0 Å². The summed E-state index contributed by atoms with van der Waals surface area (Å²) in [4.78, 5) is 2.55. The van der Waals surface area contributed by atoms with E-state index in [2.05, 4.69) is 42.2 Å². The minimum atomic E-state index is 0.803. The standard InChI is InChI=1S/C24H26N2S/c1-16-8-11-26(12-9-16)24-20-7-6-17-4-2-3-5-18(17)23(20)22-15-27-13-10-19(22)21(24)14-25/h2-5,16H,6-13,15H2,1H3. The van der Waals surface area contributed by atoms with Crippen molar-refractivity contribution < 1.29 is 0 Å². The van der Waals surface area contributed by atoms with Gasteiger partial charge in [0.05, 0.1) is 11.3 Å². The van der Waals surface area contributed by atoms with Gasteiger partial charge in [-0.15, -0.1) is 0 Å². The van der Waals surface area contributed by atoms with Gasteiger partial charge in [0.25, 0.3) is 0 Å². The molecule has 138 valence electrons. The van der Waals surface area contributed by atoms with E-state index in [9.17, 15) is 5.26 Å². The monoisotopic (exact) mass is 374 g/mol. The molecule has 2 aliphatic heterocycles. The lowest BCUT2D eigenvalue weighted by molar-refractivity contribution is 0.437. The summed E-state index contributed by atoms with van der Waals surface area (Å²) in [5.74, 6) is 2.99. The Kier molecular flexibility index (Phi) is 4.40. The summed E-state index contributed by atoms with van der Waals surface area (Å²) < 4.78 is 0. The third kappa shape index (κ3) is 2.77. The largest absolute Gasteiger partial charge is 0.370 e. The highest BCUT2D eigenvalue weighted by Crippen LogP contribution is 2.47. The molecular weight excluding hydrogens is 348 g/mol. The minimum absolute atomic E-state index is 0.803. The van der Waals surface area contributed by atoms with Crippen LogP contribution in [0.1, 0.15) is 47.6 Å². The highest BCUT2D eigenvalue weighted by molar-refractivity contribution is 7.98. The molecule has 27 heavy (non-hydrogen) atoms. The van der Waals surface area contributed by atoms with E-state index in [1.54, 1.807) is 0 Å². The van der Waals surface area contributed by atoms with E-state index in [4.69, 9.17) is 0 Å². The van der Waals surface area contributed by atoms with Gasteiger partial charge in [-0.05, 0) is 77.2 Å². The van der Waals surface area contributed by atoms with Gasteiger partial charge in [0.2, 0.25) is 0 Å². The highest BCUT2D eigenvalue weighted by atomic mass is 32.2. The van der Waals surface area contributed by atoms with Crippen molar-refractivity contribution in [2.24, 2.45) is 5.92 Å². The van der Waals surface area contributed by atoms with Crippen LogP contribution in [0.25, 0.3) is 11.1 Å². The number of nitrogens with zero attached hydrogens (tertiary/aromatic N) is 2. The lowest BCUT2D eigenvalue weighted by Gasteiger charge is -2.38. The molecule has 3 aliphatic rings. The van der Waals surface area contributed by atoms with Crippen molar-refractivity contribution in [3.63, 3.8) is 0 Å². The van der Waals surface area contributed by atoms with Crippen LogP contribution in [-0.4, -0.2) is 18.8 Å². The summed E-state index contributed by atoms with van der Waals surface area (Å²) in [5.41, 5.74) is 10.9. The second-order valence-corrected chi connectivity index (χ2v) is 9.38. The van der Waals surface area contributed by atoms with Crippen molar-refractivity contribution >= 4 is 17.4 Å². The zero-order valence-corrected chi connectivity index (χ0v) is 16.9. The van der Waals surface area contributed by atoms with Crippen LogP contribution in [-0.2, 0) is 25.0 Å². The third-order valence-corrected chi connectivity index (χ3v) is 7.66. The second-order valence-electron chi connectivity index (χ2n) is 8.28. The molecular formula is C24H26N2S. The van der Waals surface area contributed by atoms with E-state index >= 15 is 0 Å². The first kappa shape index (κ1) is 17.2. The molecule has 2 aromatic carbocycles. The number of hydrogen-bond donors (Lipinski definition) is 0. The topological polar surface area (TPSA) is 27.0 Å².